The highest BCUT2D eigenvalue weighted by Crippen LogP contribution is 2.37. The van der Waals surface area contributed by atoms with Crippen LogP contribution in [0.2, 0.25) is 0 Å². The first-order valence-corrected chi connectivity index (χ1v) is 11.4. The van der Waals surface area contributed by atoms with Crippen LogP contribution in [0, 0.1) is 6.92 Å². The number of rotatable bonds is 5. The highest BCUT2D eigenvalue weighted by molar-refractivity contribution is 7.15. The molecule has 0 aliphatic heterocycles. The summed E-state index contributed by atoms with van der Waals surface area (Å²) in [6, 6.07) is 20.5. The average Bonchev–Trinajstić information content (AvgIpc) is 3.54. The number of aromatic nitrogens is 1. The minimum Gasteiger partial charge on any atom is -0.465 e. The van der Waals surface area contributed by atoms with Crippen molar-refractivity contribution in [3.63, 3.8) is 0 Å². The number of anilines is 1. The number of hydrogen-bond donors (Lipinski definition) is 1. The maximum absolute atomic E-state index is 13.5. The van der Waals surface area contributed by atoms with Crippen molar-refractivity contribution in [2.45, 2.75) is 6.92 Å². The van der Waals surface area contributed by atoms with E-state index < -0.39 is 5.97 Å². The molecular weight excluding hydrogens is 448 g/mol. The molecular formula is C27H20N2O4S. The van der Waals surface area contributed by atoms with Crippen molar-refractivity contribution in [2.24, 2.45) is 0 Å². The van der Waals surface area contributed by atoms with Gasteiger partial charge in [-0.3, -0.25) is 4.79 Å². The van der Waals surface area contributed by atoms with Crippen LogP contribution >= 0.6 is 11.3 Å². The van der Waals surface area contributed by atoms with E-state index in [1.54, 1.807) is 24.5 Å². The Labute approximate surface area is 199 Å². The standard InChI is InChI=1S/C27H20N2O4S/c1-16-9-11-17(12-10-16)20-15-34-26(24(20)27(31)32-2)29-25(30)19-14-22(23-8-5-13-33-23)28-21-7-4-3-6-18(19)21/h3-15H,1-2H3,(H,29,30). The molecule has 1 amide bonds. The molecule has 2 aromatic carbocycles. The number of ether oxygens (including phenoxy) is 1. The molecule has 168 valence electrons. The van der Waals surface area contributed by atoms with Crippen LogP contribution in [0.5, 0.6) is 0 Å². The van der Waals surface area contributed by atoms with E-state index in [9.17, 15) is 9.59 Å². The van der Waals surface area contributed by atoms with Crippen molar-refractivity contribution in [3.05, 3.63) is 95.1 Å². The van der Waals surface area contributed by atoms with Crippen LogP contribution < -0.4 is 5.32 Å². The summed E-state index contributed by atoms with van der Waals surface area (Å²) in [6.07, 6.45) is 1.56. The lowest BCUT2D eigenvalue weighted by Gasteiger charge is -2.11. The zero-order valence-corrected chi connectivity index (χ0v) is 19.3. The molecule has 0 aliphatic rings. The second-order valence-corrected chi connectivity index (χ2v) is 8.59. The molecule has 0 spiro atoms. The smallest absolute Gasteiger partial charge is 0.341 e. The first kappa shape index (κ1) is 21.6. The summed E-state index contributed by atoms with van der Waals surface area (Å²) < 4.78 is 10.5. The van der Waals surface area contributed by atoms with E-state index in [0.717, 1.165) is 11.1 Å². The molecule has 0 bridgehead atoms. The molecule has 7 heteroatoms. The van der Waals surface area contributed by atoms with Crippen LogP contribution in [-0.2, 0) is 4.74 Å². The lowest BCUT2D eigenvalue weighted by atomic mass is 10.0. The van der Waals surface area contributed by atoms with E-state index in [2.05, 4.69) is 10.3 Å². The van der Waals surface area contributed by atoms with Gasteiger partial charge in [0.25, 0.3) is 5.91 Å². The summed E-state index contributed by atoms with van der Waals surface area (Å²) >= 11 is 1.28. The largest absolute Gasteiger partial charge is 0.465 e. The number of methoxy groups -OCH3 is 1. The van der Waals surface area contributed by atoms with Crippen LogP contribution in [0.3, 0.4) is 0 Å². The molecule has 3 aromatic heterocycles. The van der Waals surface area contributed by atoms with Gasteiger partial charge in [-0.2, -0.15) is 0 Å². The Hall–Kier alpha value is -4.23. The fourth-order valence-electron chi connectivity index (χ4n) is 3.78. The van der Waals surface area contributed by atoms with Gasteiger partial charge < -0.3 is 14.5 Å². The van der Waals surface area contributed by atoms with Crippen LogP contribution in [0.1, 0.15) is 26.3 Å². The van der Waals surface area contributed by atoms with Crippen LogP contribution in [0.25, 0.3) is 33.5 Å². The Bertz CT molecular complexity index is 1500. The molecule has 1 N–H and O–H groups in total. The molecule has 0 radical (unpaired) electrons. The number of aryl methyl sites for hydroxylation is 1. The molecule has 5 rings (SSSR count). The van der Waals surface area contributed by atoms with Crippen molar-refractivity contribution in [1.82, 2.24) is 4.98 Å². The fourth-order valence-corrected chi connectivity index (χ4v) is 4.74. The van der Waals surface area contributed by atoms with Gasteiger partial charge in [0.1, 0.15) is 16.3 Å². The van der Waals surface area contributed by atoms with Crippen molar-refractivity contribution in [1.29, 1.82) is 0 Å². The monoisotopic (exact) mass is 468 g/mol. The zero-order valence-electron chi connectivity index (χ0n) is 18.5. The normalized spacial score (nSPS) is 10.9. The van der Waals surface area contributed by atoms with E-state index in [1.807, 2.05) is 60.8 Å². The Morgan fingerprint density at radius 2 is 1.82 bits per heavy atom. The van der Waals surface area contributed by atoms with Crippen LogP contribution in [-0.4, -0.2) is 24.0 Å². The minimum absolute atomic E-state index is 0.328. The average molecular weight is 469 g/mol. The van der Waals surface area contributed by atoms with Crippen molar-refractivity contribution >= 4 is 39.1 Å². The number of carbonyl (C=O) groups excluding carboxylic acids is 2. The van der Waals surface area contributed by atoms with E-state index in [1.165, 1.54) is 18.4 Å². The van der Waals surface area contributed by atoms with Gasteiger partial charge in [0.2, 0.25) is 0 Å². The van der Waals surface area contributed by atoms with Gasteiger partial charge in [-0.15, -0.1) is 11.3 Å². The third-order valence-corrected chi connectivity index (χ3v) is 6.40. The summed E-state index contributed by atoms with van der Waals surface area (Å²) in [6.45, 7) is 2.00. The van der Waals surface area contributed by atoms with E-state index in [-0.39, 0.29) is 5.91 Å². The molecule has 5 aromatic rings. The number of nitrogens with one attached hydrogen (secondary N) is 1. The number of benzene rings is 2. The molecule has 0 unspecified atom stereocenters. The first-order valence-electron chi connectivity index (χ1n) is 10.6. The molecule has 0 aliphatic carbocycles. The summed E-state index contributed by atoms with van der Waals surface area (Å²) in [5, 5.41) is 5.90. The number of fused-ring (bicyclic) bond motifs is 1. The third kappa shape index (κ3) is 3.97. The molecule has 6 nitrogen and oxygen atoms in total. The SMILES string of the molecule is COC(=O)c1c(-c2ccc(C)cc2)csc1NC(=O)c1cc(-c2ccco2)nc2ccccc12. The number of para-hydroxylation sites is 1. The van der Waals surface area contributed by atoms with Gasteiger partial charge in [0.05, 0.1) is 24.5 Å². The number of nitrogens with zero attached hydrogens (tertiary/aromatic N) is 1. The zero-order chi connectivity index (χ0) is 23.7. The molecule has 0 saturated carbocycles. The van der Waals surface area contributed by atoms with Crippen LogP contribution in [0.15, 0.2) is 82.8 Å². The van der Waals surface area contributed by atoms with Gasteiger partial charge in [0.15, 0.2) is 5.76 Å². The Kier molecular flexibility index (Phi) is 5.69. The number of amides is 1. The Morgan fingerprint density at radius 1 is 1.03 bits per heavy atom. The van der Waals surface area contributed by atoms with E-state index in [4.69, 9.17) is 9.15 Å². The number of carbonyl (C=O) groups is 2. The number of thiophene rings is 1. The predicted molar refractivity (Wildman–Crippen MR) is 133 cm³/mol. The van der Waals surface area contributed by atoms with E-state index >= 15 is 0 Å². The summed E-state index contributed by atoms with van der Waals surface area (Å²) in [5.41, 5.74) is 4.67. The van der Waals surface area contributed by atoms with Crippen molar-refractivity contribution < 1.29 is 18.7 Å². The Morgan fingerprint density at radius 3 is 2.56 bits per heavy atom. The molecule has 3 heterocycles. The van der Waals surface area contributed by atoms with Gasteiger partial charge in [-0.05, 0) is 36.8 Å². The highest BCUT2D eigenvalue weighted by Gasteiger charge is 2.24. The molecule has 34 heavy (non-hydrogen) atoms. The number of hydrogen-bond acceptors (Lipinski definition) is 6. The van der Waals surface area contributed by atoms with Crippen molar-refractivity contribution in [2.75, 3.05) is 12.4 Å². The molecule has 0 saturated heterocycles. The number of pyridine rings is 1. The molecule has 0 fully saturated rings. The predicted octanol–water partition coefficient (Wildman–Crippen LogP) is 6.57. The third-order valence-electron chi connectivity index (χ3n) is 5.50. The maximum Gasteiger partial charge on any atom is 0.341 e. The second kappa shape index (κ2) is 8.96. The lowest BCUT2D eigenvalue weighted by Crippen LogP contribution is -2.15. The second-order valence-electron chi connectivity index (χ2n) is 7.71. The minimum atomic E-state index is -0.511. The first-order chi connectivity index (χ1) is 16.5. The van der Waals surface area contributed by atoms with Gasteiger partial charge in [-0.1, -0.05) is 48.0 Å². The summed E-state index contributed by atoms with van der Waals surface area (Å²) in [5.74, 6) is -0.301. The molecule has 0 atom stereocenters. The van der Waals surface area contributed by atoms with Crippen LogP contribution in [0.4, 0.5) is 5.00 Å². The summed E-state index contributed by atoms with van der Waals surface area (Å²) in [4.78, 5) is 30.8. The van der Waals surface area contributed by atoms with Gasteiger partial charge in [-0.25, -0.2) is 9.78 Å². The topological polar surface area (TPSA) is 81.4 Å². The Balaban J connectivity index is 1.58. The van der Waals surface area contributed by atoms with E-state index in [0.29, 0.717) is 44.0 Å². The van der Waals surface area contributed by atoms with Crippen molar-refractivity contribution in [3.8, 4) is 22.6 Å². The fraction of sp³-hybridized carbons (Fsp3) is 0.0741. The lowest BCUT2D eigenvalue weighted by molar-refractivity contribution is 0.0603. The highest BCUT2D eigenvalue weighted by atomic mass is 32.1. The quantitative estimate of drug-likeness (QED) is 0.295. The maximum atomic E-state index is 13.5. The van der Waals surface area contributed by atoms with Gasteiger partial charge in [0, 0.05) is 16.3 Å². The number of furan rings is 1. The van der Waals surface area contributed by atoms with Gasteiger partial charge >= 0.3 is 5.97 Å². The number of esters is 1. The summed E-state index contributed by atoms with van der Waals surface area (Å²) in [7, 11) is 1.33.